The van der Waals surface area contributed by atoms with E-state index in [0.29, 0.717) is 29.6 Å². The third kappa shape index (κ3) is 3.38. The standard InChI is InChI=1S/C16H17N5O2S/c1-22-13-7-11(12(17)8-14(13)23-2)9-19-16-20-15(21-24-16)10-3-5-18-6-4-10/h3-8H,9,17H2,1-2H3,(H,19,20,21). The average Bonchev–Trinajstić information content (AvgIpc) is 3.10. The Morgan fingerprint density at radius 3 is 2.54 bits per heavy atom. The Morgan fingerprint density at radius 1 is 1.12 bits per heavy atom. The summed E-state index contributed by atoms with van der Waals surface area (Å²) in [7, 11) is 3.17. The molecule has 2 aromatic heterocycles. The highest BCUT2D eigenvalue weighted by atomic mass is 32.1. The van der Waals surface area contributed by atoms with Crippen LogP contribution in [0, 0.1) is 0 Å². The number of nitrogens with one attached hydrogen (secondary N) is 1. The molecule has 0 aliphatic carbocycles. The molecular formula is C16H17N5O2S. The summed E-state index contributed by atoms with van der Waals surface area (Å²) in [6.45, 7) is 0.511. The second-order valence-corrected chi connectivity index (χ2v) is 5.67. The van der Waals surface area contributed by atoms with Crippen LogP contribution in [0.2, 0.25) is 0 Å². The predicted molar refractivity (Wildman–Crippen MR) is 94.4 cm³/mol. The Labute approximate surface area is 143 Å². The van der Waals surface area contributed by atoms with E-state index in [9.17, 15) is 0 Å². The van der Waals surface area contributed by atoms with Gasteiger partial charge in [0.2, 0.25) is 5.13 Å². The van der Waals surface area contributed by atoms with Gasteiger partial charge in [-0.2, -0.15) is 9.36 Å². The van der Waals surface area contributed by atoms with Crippen LogP contribution in [0.15, 0.2) is 36.7 Å². The molecule has 0 bridgehead atoms. The van der Waals surface area contributed by atoms with Crippen LogP contribution in [0.25, 0.3) is 11.4 Å². The molecule has 0 amide bonds. The number of rotatable bonds is 6. The molecular weight excluding hydrogens is 326 g/mol. The highest BCUT2D eigenvalue weighted by Crippen LogP contribution is 2.32. The van der Waals surface area contributed by atoms with E-state index >= 15 is 0 Å². The Bertz CT molecular complexity index is 823. The minimum absolute atomic E-state index is 0.511. The zero-order valence-corrected chi connectivity index (χ0v) is 14.1. The van der Waals surface area contributed by atoms with Crippen LogP contribution in [0.5, 0.6) is 11.5 Å². The predicted octanol–water partition coefficient (Wildman–Crippen LogP) is 2.81. The van der Waals surface area contributed by atoms with Gasteiger partial charge in [0.15, 0.2) is 17.3 Å². The van der Waals surface area contributed by atoms with E-state index in [1.807, 2.05) is 18.2 Å². The summed E-state index contributed by atoms with van der Waals surface area (Å²) in [5, 5.41) is 3.95. The maximum absolute atomic E-state index is 6.07. The molecule has 124 valence electrons. The van der Waals surface area contributed by atoms with Gasteiger partial charge in [-0.05, 0) is 23.8 Å². The SMILES string of the molecule is COc1cc(N)c(CNc2nc(-c3ccncc3)ns2)cc1OC. The molecule has 8 heteroatoms. The summed E-state index contributed by atoms with van der Waals surface area (Å²) in [5.41, 5.74) is 8.52. The lowest BCUT2D eigenvalue weighted by molar-refractivity contribution is 0.355. The molecule has 0 atom stereocenters. The third-order valence-electron chi connectivity index (χ3n) is 3.44. The van der Waals surface area contributed by atoms with Crippen molar-refractivity contribution in [2.45, 2.75) is 6.54 Å². The van der Waals surface area contributed by atoms with Gasteiger partial charge in [-0.25, -0.2) is 0 Å². The molecule has 0 fully saturated rings. The van der Waals surface area contributed by atoms with E-state index in [4.69, 9.17) is 15.2 Å². The Balaban J connectivity index is 1.73. The second kappa shape index (κ2) is 7.14. The first-order valence-electron chi connectivity index (χ1n) is 7.19. The van der Waals surface area contributed by atoms with Gasteiger partial charge >= 0.3 is 0 Å². The van der Waals surface area contributed by atoms with Crippen molar-refractivity contribution in [3.05, 3.63) is 42.2 Å². The number of benzene rings is 1. The van der Waals surface area contributed by atoms with E-state index in [0.717, 1.165) is 16.3 Å². The summed E-state index contributed by atoms with van der Waals surface area (Å²) in [6, 6.07) is 7.35. The molecule has 0 saturated carbocycles. The van der Waals surface area contributed by atoms with Gasteiger partial charge < -0.3 is 20.5 Å². The van der Waals surface area contributed by atoms with Crippen LogP contribution in [-0.4, -0.2) is 28.6 Å². The fraction of sp³-hybridized carbons (Fsp3) is 0.188. The molecule has 3 aromatic rings. The van der Waals surface area contributed by atoms with Crippen molar-refractivity contribution in [3.63, 3.8) is 0 Å². The fourth-order valence-corrected chi connectivity index (χ4v) is 2.76. The van der Waals surface area contributed by atoms with Crippen molar-refractivity contribution in [3.8, 4) is 22.9 Å². The molecule has 0 radical (unpaired) electrons. The smallest absolute Gasteiger partial charge is 0.203 e. The van der Waals surface area contributed by atoms with Crippen molar-refractivity contribution < 1.29 is 9.47 Å². The lowest BCUT2D eigenvalue weighted by Crippen LogP contribution is -2.04. The number of methoxy groups -OCH3 is 2. The summed E-state index contributed by atoms with van der Waals surface area (Å²) in [5.74, 6) is 1.91. The van der Waals surface area contributed by atoms with E-state index in [1.165, 1.54) is 11.5 Å². The maximum Gasteiger partial charge on any atom is 0.203 e. The number of hydrogen-bond donors (Lipinski definition) is 2. The van der Waals surface area contributed by atoms with Crippen molar-refractivity contribution in [2.24, 2.45) is 0 Å². The molecule has 7 nitrogen and oxygen atoms in total. The lowest BCUT2D eigenvalue weighted by atomic mass is 10.1. The topological polar surface area (TPSA) is 95.2 Å². The Kier molecular flexibility index (Phi) is 4.76. The number of nitrogens with zero attached hydrogens (tertiary/aromatic N) is 3. The zero-order valence-electron chi connectivity index (χ0n) is 13.3. The van der Waals surface area contributed by atoms with Gasteiger partial charge in [0.25, 0.3) is 0 Å². The van der Waals surface area contributed by atoms with Gasteiger partial charge in [-0.3, -0.25) is 4.98 Å². The van der Waals surface area contributed by atoms with E-state index in [-0.39, 0.29) is 0 Å². The molecule has 0 aliphatic heterocycles. The molecule has 1 aromatic carbocycles. The lowest BCUT2D eigenvalue weighted by Gasteiger charge is -2.12. The van der Waals surface area contributed by atoms with Gasteiger partial charge in [-0.15, -0.1) is 0 Å². The van der Waals surface area contributed by atoms with Crippen LogP contribution in [0.1, 0.15) is 5.56 Å². The minimum atomic E-state index is 0.511. The number of anilines is 2. The van der Waals surface area contributed by atoms with Crippen molar-refractivity contribution >= 4 is 22.4 Å². The number of ether oxygens (including phenoxy) is 2. The van der Waals surface area contributed by atoms with Crippen LogP contribution >= 0.6 is 11.5 Å². The van der Waals surface area contributed by atoms with Crippen molar-refractivity contribution in [1.82, 2.24) is 14.3 Å². The largest absolute Gasteiger partial charge is 0.493 e. The molecule has 3 N–H and O–H groups in total. The van der Waals surface area contributed by atoms with Crippen LogP contribution < -0.4 is 20.5 Å². The van der Waals surface area contributed by atoms with Gasteiger partial charge in [0, 0.05) is 47.8 Å². The molecule has 0 aliphatic rings. The molecule has 2 heterocycles. The molecule has 0 spiro atoms. The van der Waals surface area contributed by atoms with Gasteiger partial charge in [-0.1, -0.05) is 0 Å². The first-order chi connectivity index (χ1) is 11.7. The summed E-state index contributed by atoms with van der Waals surface area (Å²) >= 11 is 1.30. The van der Waals surface area contributed by atoms with Crippen molar-refractivity contribution in [2.75, 3.05) is 25.3 Å². The number of aromatic nitrogens is 3. The summed E-state index contributed by atoms with van der Waals surface area (Å²) in [6.07, 6.45) is 3.43. The first kappa shape index (κ1) is 16.0. The number of pyridine rings is 1. The van der Waals surface area contributed by atoms with Crippen molar-refractivity contribution in [1.29, 1.82) is 0 Å². The highest BCUT2D eigenvalue weighted by Gasteiger charge is 2.11. The van der Waals surface area contributed by atoms with Crippen LogP contribution in [0.4, 0.5) is 10.8 Å². The van der Waals surface area contributed by atoms with E-state index in [2.05, 4.69) is 19.7 Å². The summed E-state index contributed by atoms with van der Waals surface area (Å²) in [4.78, 5) is 8.46. The van der Waals surface area contributed by atoms with Crippen LogP contribution in [0.3, 0.4) is 0 Å². The Morgan fingerprint density at radius 2 is 1.83 bits per heavy atom. The summed E-state index contributed by atoms with van der Waals surface area (Å²) < 4.78 is 14.9. The van der Waals surface area contributed by atoms with Gasteiger partial charge in [0.05, 0.1) is 14.2 Å². The molecule has 0 saturated heterocycles. The molecule has 3 rings (SSSR count). The Hall–Kier alpha value is -2.87. The monoisotopic (exact) mass is 343 g/mol. The van der Waals surface area contributed by atoms with E-state index < -0.39 is 0 Å². The second-order valence-electron chi connectivity index (χ2n) is 4.92. The molecule has 24 heavy (non-hydrogen) atoms. The number of nitrogens with two attached hydrogens (primary N) is 1. The fourth-order valence-electron chi connectivity index (χ4n) is 2.17. The number of nitrogen functional groups attached to an aromatic ring is 1. The molecule has 0 unspecified atom stereocenters. The normalized spacial score (nSPS) is 10.4. The minimum Gasteiger partial charge on any atom is -0.493 e. The number of hydrogen-bond acceptors (Lipinski definition) is 8. The quantitative estimate of drug-likeness (QED) is 0.664. The first-order valence-corrected chi connectivity index (χ1v) is 7.97. The zero-order chi connectivity index (χ0) is 16.9. The maximum atomic E-state index is 6.07. The van der Waals surface area contributed by atoms with Gasteiger partial charge in [0.1, 0.15) is 0 Å². The van der Waals surface area contributed by atoms with Crippen LogP contribution in [-0.2, 0) is 6.54 Å². The third-order valence-corrected chi connectivity index (χ3v) is 4.11. The van der Waals surface area contributed by atoms with E-state index in [1.54, 1.807) is 32.7 Å². The highest BCUT2D eigenvalue weighted by molar-refractivity contribution is 7.09. The average molecular weight is 343 g/mol.